The number of hydrogen-bond acceptors (Lipinski definition) is 4. The van der Waals surface area contributed by atoms with Crippen molar-refractivity contribution < 1.29 is 26.7 Å². The van der Waals surface area contributed by atoms with E-state index in [4.69, 9.17) is 0 Å². The Balaban J connectivity index is 1.82. The van der Waals surface area contributed by atoms with Gasteiger partial charge in [-0.1, -0.05) is 6.07 Å². The molecule has 0 fully saturated rings. The smallest absolute Gasteiger partial charge is 0.217 e. The molecule has 0 aliphatic heterocycles. The van der Waals surface area contributed by atoms with E-state index < -0.39 is 40.3 Å². The molecule has 0 N–H and O–H groups in total. The van der Waals surface area contributed by atoms with Crippen molar-refractivity contribution in [1.82, 2.24) is 15.2 Å². The highest BCUT2D eigenvalue weighted by molar-refractivity contribution is 5.74. The Morgan fingerprint density at radius 3 is 2.20 bits per heavy atom. The topological polar surface area (TPSA) is 65.6 Å². The lowest BCUT2D eigenvalue weighted by atomic mass is 10.0. The summed E-state index contributed by atoms with van der Waals surface area (Å²) < 4.78 is 69.6. The molecule has 4 rings (SSSR count). The zero-order chi connectivity index (χ0) is 21.4. The third-order valence-electron chi connectivity index (χ3n) is 4.23. The molecule has 0 saturated heterocycles. The fourth-order valence-corrected chi connectivity index (χ4v) is 2.89. The van der Waals surface area contributed by atoms with Crippen molar-refractivity contribution in [1.29, 1.82) is 0 Å². The molecule has 4 aromatic rings. The summed E-state index contributed by atoms with van der Waals surface area (Å²) in [5.41, 5.74) is -0.832. The summed E-state index contributed by atoms with van der Waals surface area (Å²) in [6.45, 7) is 0. The molecule has 150 valence electrons. The second kappa shape index (κ2) is 7.47. The van der Waals surface area contributed by atoms with E-state index in [1.807, 2.05) is 0 Å². The Labute approximate surface area is 165 Å². The Hall–Kier alpha value is -3.95. The molecule has 0 spiro atoms. The van der Waals surface area contributed by atoms with Crippen LogP contribution in [-0.2, 0) is 0 Å². The molecule has 0 bridgehead atoms. The highest BCUT2D eigenvalue weighted by Gasteiger charge is 2.19. The maximum atomic E-state index is 14.3. The van der Waals surface area contributed by atoms with Gasteiger partial charge in [-0.05, 0) is 23.8 Å². The van der Waals surface area contributed by atoms with Crippen LogP contribution in [0.2, 0.25) is 0 Å². The summed E-state index contributed by atoms with van der Waals surface area (Å²) in [5, 5.41) is 18.5. The molecule has 0 aliphatic carbocycles. The molecule has 1 aromatic carbocycles. The quantitative estimate of drug-likeness (QED) is 0.285. The minimum atomic E-state index is -1.14. The first-order valence-electron chi connectivity index (χ1n) is 8.35. The summed E-state index contributed by atoms with van der Waals surface area (Å²) in [4.78, 5) is 3.59. The lowest BCUT2D eigenvalue weighted by Crippen LogP contribution is -2.26. The Bertz CT molecular complexity index is 1260. The zero-order valence-electron chi connectivity index (χ0n) is 14.8. The van der Waals surface area contributed by atoms with Crippen LogP contribution in [-0.4, -0.2) is 15.2 Å². The monoisotopic (exact) mass is 416 g/mol. The summed E-state index contributed by atoms with van der Waals surface area (Å²) >= 11 is 0. The molecule has 0 aliphatic rings. The van der Waals surface area contributed by atoms with Gasteiger partial charge in [0.25, 0.3) is 0 Å². The van der Waals surface area contributed by atoms with Crippen LogP contribution in [0.1, 0.15) is 0 Å². The fourth-order valence-electron chi connectivity index (χ4n) is 2.89. The van der Waals surface area contributed by atoms with E-state index in [1.54, 1.807) is 0 Å². The number of pyridine rings is 2. The summed E-state index contributed by atoms with van der Waals surface area (Å²) in [6.07, 6.45) is 3.07. The van der Waals surface area contributed by atoms with Crippen molar-refractivity contribution in [3.05, 3.63) is 89.4 Å². The van der Waals surface area contributed by atoms with Crippen LogP contribution in [0.15, 0.2) is 55.1 Å². The summed E-state index contributed by atoms with van der Waals surface area (Å²) in [6, 6.07) is 5.46. The van der Waals surface area contributed by atoms with Crippen LogP contribution in [0.3, 0.4) is 0 Å². The molecular weight excluding hydrogens is 407 g/mol. The van der Waals surface area contributed by atoms with Crippen LogP contribution in [0.4, 0.5) is 22.0 Å². The first-order chi connectivity index (χ1) is 14.3. The average molecular weight is 416 g/mol. The van der Waals surface area contributed by atoms with Crippen molar-refractivity contribution in [2.45, 2.75) is 0 Å². The van der Waals surface area contributed by atoms with Crippen molar-refractivity contribution in [3.63, 3.8) is 0 Å². The van der Waals surface area contributed by atoms with Gasteiger partial charge in [-0.2, -0.15) is 23.7 Å². The van der Waals surface area contributed by atoms with Gasteiger partial charge in [0.05, 0.1) is 23.7 Å². The molecule has 5 nitrogen and oxygen atoms in total. The predicted molar refractivity (Wildman–Crippen MR) is 94.9 cm³/mol. The van der Waals surface area contributed by atoms with Gasteiger partial charge in [0.1, 0.15) is 17.3 Å². The van der Waals surface area contributed by atoms with Crippen molar-refractivity contribution in [2.75, 3.05) is 0 Å². The minimum absolute atomic E-state index is 0.0259. The van der Waals surface area contributed by atoms with Gasteiger partial charge in [0.2, 0.25) is 24.0 Å². The second-order valence-corrected chi connectivity index (χ2v) is 6.20. The number of hydrogen-bond donors (Lipinski definition) is 0. The largest absolute Gasteiger partial charge is 0.619 e. The molecule has 0 unspecified atom stereocenters. The van der Waals surface area contributed by atoms with Gasteiger partial charge < -0.3 is 5.21 Å². The third kappa shape index (κ3) is 3.54. The molecule has 10 heteroatoms. The lowest BCUT2D eigenvalue weighted by Gasteiger charge is -2.09. The molecule has 0 radical (unpaired) electrons. The third-order valence-corrected chi connectivity index (χ3v) is 4.23. The Kier molecular flexibility index (Phi) is 4.82. The maximum absolute atomic E-state index is 14.3. The average Bonchev–Trinajstić information content (AvgIpc) is 2.68. The van der Waals surface area contributed by atoms with Crippen LogP contribution in [0.25, 0.3) is 33.6 Å². The minimum Gasteiger partial charge on any atom is -0.619 e. The second-order valence-electron chi connectivity index (χ2n) is 6.20. The SMILES string of the molecule is [O-][n+]1cc(F)c(-c2cc(-c3ccc(F)c(-c4ncc(F)cc4F)c3)cnn2)c(F)c1. The van der Waals surface area contributed by atoms with Gasteiger partial charge in [-0.3, -0.25) is 4.98 Å². The van der Waals surface area contributed by atoms with Crippen LogP contribution in [0, 0.1) is 34.3 Å². The van der Waals surface area contributed by atoms with E-state index in [-0.39, 0.29) is 21.6 Å². The van der Waals surface area contributed by atoms with Gasteiger partial charge in [-0.25, -0.2) is 13.2 Å². The van der Waals surface area contributed by atoms with E-state index in [2.05, 4.69) is 15.2 Å². The molecule has 3 aromatic heterocycles. The standard InChI is InChI=1S/C20H9F5N4O/c21-12-5-15(23)20(26-7-12)13-3-10(1-2-14(13)22)11-4-18(28-27-6-11)19-16(24)8-29(30)9-17(19)25/h1-9H. The number of aromatic nitrogens is 4. The molecule has 3 heterocycles. The first-order valence-corrected chi connectivity index (χ1v) is 8.35. The molecular formula is C20H9F5N4O. The lowest BCUT2D eigenvalue weighted by molar-refractivity contribution is -0.608. The highest BCUT2D eigenvalue weighted by Crippen LogP contribution is 2.31. The van der Waals surface area contributed by atoms with E-state index in [0.717, 1.165) is 12.3 Å². The summed E-state index contributed by atoms with van der Waals surface area (Å²) in [5.74, 6) is -5.07. The van der Waals surface area contributed by atoms with E-state index >= 15 is 0 Å². The highest BCUT2D eigenvalue weighted by atomic mass is 19.1. The van der Waals surface area contributed by atoms with Crippen molar-refractivity contribution in [2.24, 2.45) is 0 Å². The maximum Gasteiger partial charge on any atom is 0.217 e. The van der Waals surface area contributed by atoms with Crippen LogP contribution < -0.4 is 4.73 Å². The molecule has 30 heavy (non-hydrogen) atoms. The molecule has 0 saturated carbocycles. The summed E-state index contributed by atoms with van der Waals surface area (Å²) in [7, 11) is 0. The van der Waals surface area contributed by atoms with Gasteiger partial charge in [0.15, 0.2) is 5.82 Å². The van der Waals surface area contributed by atoms with Gasteiger partial charge >= 0.3 is 0 Å². The fraction of sp³-hybridized carbons (Fsp3) is 0. The predicted octanol–water partition coefficient (Wildman–Crippen LogP) is 4.20. The van der Waals surface area contributed by atoms with E-state index in [1.165, 1.54) is 24.4 Å². The Morgan fingerprint density at radius 2 is 1.50 bits per heavy atom. The molecule has 0 amide bonds. The first kappa shape index (κ1) is 19.4. The zero-order valence-corrected chi connectivity index (χ0v) is 14.8. The number of rotatable bonds is 3. The van der Waals surface area contributed by atoms with Gasteiger partial charge in [0, 0.05) is 17.2 Å². The van der Waals surface area contributed by atoms with Crippen molar-refractivity contribution in [3.8, 4) is 33.6 Å². The van der Waals surface area contributed by atoms with Gasteiger partial charge in [-0.15, -0.1) is 0 Å². The van der Waals surface area contributed by atoms with Crippen LogP contribution in [0.5, 0.6) is 0 Å². The van der Waals surface area contributed by atoms with E-state index in [0.29, 0.717) is 24.0 Å². The number of benzene rings is 1. The number of nitrogens with zero attached hydrogens (tertiary/aromatic N) is 4. The van der Waals surface area contributed by atoms with Crippen molar-refractivity contribution >= 4 is 0 Å². The Morgan fingerprint density at radius 1 is 0.767 bits per heavy atom. The number of halogens is 5. The molecule has 0 atom stereocenters. The van der Waals surface area contributed by atoms with E-state index in [9.17, 15) is 27.2 Å². The normalized spacial score (nSPS) is 11.0. The van der Waals surface area contributed by atoms with Crippen LogP contribution >= 0.6 is 0 Å².